The van der Waals surface area contributed by atoms with Crippen molar-refractivity contribution >= 4 is 44.1 Å². The molecule has 6 aromatic rings. The molecule has 0 spiro atoms. The van der Waals surface area contributed by atoms with Crippen molar-refractivity contribution in [1.82, 2.24) is 0 Å². The number of hydrogen-bond acceptors (Lipinski definition) is 2. The van der Waals surface area contributed by atoms with Gasteiger partial charge < -0.3 is 9.73 Å². The SMILES string of the molecule is c1ccc(-c2ccc(Nc3cccc4c3oc3cc5ccccc5cc34)cc2)cc1. The minimum atomic E-state index is 0.884. The van der Waals surface area contributed by atoms with E-state index in [-0.39, 0.29) is 0 Å². The van der Waals surface area contributed by atoms with Gasteiger partial charge in [-0.1, -0.05) is 78.9 Å². The van der Waals surface area contributed by atoms with Crippen molar-refractivity contribution in [2.75, 3.05) is 5.32 Å². The highest BCUT2D eigenvalue weighted by molar-refractivity contribution is 6.13. The molecular formula is C28H19NO. The first kappa shape index (κ1) is 16.9. The summed E-state index contributed by atoms with van der Waals surface area (Å²) in [5.41, 5.74) is 6.23. The van der Waals surface area contributed by atoms with Crippen molar-refractivity contribution in [3.8, 4) is 11.1 Å². The van der Waals surface area contributed by atoms with Crippen LogP contribution < -0.4 is 5.32 Å². The predicted octanol–water partition coefficient (Wildman–Crippen LogP) is 8.15. The Bertz CT molecular complexity index is 1490. The van der Waals surface area contributed by atoms with Gasteiger partial charge in [0, 0.05) is 16.5 Å². The van der Waals surface area contributed by atoms with Crippen LogP contribution in [0, 0.1) is 0 Å². The van der Waals surface area contributed by atoms with Crippen LogP contribution in [-0.2, 0) is 0 Å². The number of furan rings is 1. The van der Waals surface area contributed by atoms with Crippen LogP contribution in [0.15, 0.2) is 114 Å². The van der Waals surface area contributed by atoms with Gasteiger partial charge in [-0.15, -0.1) is 0 Å². The van der Waals surface area contributed by atoms with Gasteiger partial charge in [0.15, 0.2) is 5.58 Å². The maximum atomic E-state index is 6.29. The number of fused-ring (bicyclic) bond motifs is 4. The predicted molar refractivity (Wildman–Crippen MR) is 126 cm³/mol. The molecule has 6 rings (SSSR count). The van der Waals surface area contributed by atoms with Gasteiger partial charge in [-0.2, -0.15) is 0 Å². The Kier molecular flexibility index (Phi) is 3.82. The van der Waals surface area contributed by atoms with Gasteiger partial charge in [0.2, 0.25) is 0 Å². The first-order valence-electron chi connectivity index (χ1n) is 10.1. The van der Waals surface area contributed by atoms with Crippen LogP contribution in [0.3, 0.4) is 0 Å². The van der Waals surface area contributed by atoms with E-state index in [0.29, 0.717) is 0 Å². The maximum Gasteiger partial charge on any atom is 0.158 e. The second kappa shape index (κ2) is 6.78. The molecule has 0 aliphatic rings. The van der Waals surface area contributed by atoms with E-state index in [9.17, 15) is 0 Å². The van der Waals surface area contributed by atoms with Crippen molar-refractivity contribution in [1.29, 1.82) is 0 Å². The van der Waals surface area contributed by atoms with Crippen LogP contribution in [0.4, 0.5) is 11.4 Å². The summed E-state index contributed by atoms with van der Waals surface area (Å²) in [6.45, 7) is 0. The molecule has 1 N–H and O–H groups in total. The van der Waals surface area contributed by atoms with Crippen molar-refractivity contribution in [2.24, 2.45) is 0 Å². The number of rotatable bonds is 3. The van der Waals surface area contributed by atoms with Crippen LogP contribution in [0.25, 0.3) is 43.8 Å². The first-order chi connectivity index (χ1) is 14.8. The molecule has 30 heavy (non-hydrogen) atoms. The minimum Gasteiger partial charge on any atom is -0.454 e. The molecule has 0 radical (unpaired) electrons. The molecule has 2 heteroatoms. The quantitative estimate of drug-likeness (QED) is 0.332. The summed E-state index contributed by atoms with van der Waals surface area (Å²) in [7, 11) is 0. The number of anilines is 2. The third kappa shape index (κ3) is 2.82. The molecule has 142 valence electrons. The summed E-state index contributed by atoms with van der Waals surface area (Å²) in [5, 5.41) is 8.22. The van der Waals surface area contributed by atoms with Crippen LogP contribution in [-0.4, -0.2) is 0 Å². The Morgan fingerprint density at radius 2 is 1.23 bits per heavy atom. The Hall–Kier alpha value is -4.04. The average molecular weight is 385 g/mol. The fraction of sp³-hybridized carbons (Fsp3) is 0. The molecule has 0 aliphatic heterocycles. The summed E-state index contributed by atoms with van der Waals surface area (Å²) in [6.07, 6.45) is 0. The lowest BCUT2D eigenvalue weighted by Crippen LogP contribution is -1.90. The molecule has 5 aromatic carbocycles. The van der Waals surface area contributed by atoms with E-state index >= 15 is 0 Å². The fourth-order valence-corrected chi connectivity index (χ4v) is 4.11. The smallest absolute Gasteiger partial charge is 0.158 e. The molecule has 0 amide bonds. The van der Waals surface area contributed by atoms with E-state index in [0.717, 1.165) is 33.3 Å². The fourth-order valence-electron chi connectivity index (χ4n) is 4.11. The number of hydrogen-bond donors (Lipinski definition) is 1. The van der Waals surface area contributed by atoms with Gasteiger partial charge in [-0.05, 0) is 52.2 Å². The number of para-hydroxylation sites is 1. The zero-order valence-electron chi connectivity index (χ0n) is 16.3. The van der Waals surface area contributed by atoms with Crippen molar-refractivity contribution < 1.29 is 4.42 Å². The summed E-state index contributed by atoms with van der Waals surface area (Å²) >= 11 is 0. The third-order valence-electron chi connectivity index (χ3n) is 5.64. The molecule has 1 heterocycles. The zero-order chi connectivity index (χ0) is 19.9. The van der Waals surface area contributed by atoms with E-state index < -0.39 is 0 Å². The highest BCUT2D eigenvalue weighted by Crippen LogP contribution is 2.36. The van der Waals surface area contributed by atoms with E-state index in [1.54, 1.807) is 0 Å². The lowest BCUT2D eigenvalue weighted by Gasteiger charge is -2.08. The normalized spacial score (nSPS) is 11.3. The van der Waals surface area contributed by atoms with Gasteiger partial charge in [-0.3, -0.25) is 0 Å². The molecular weight excluding hydrogens is 366 g/mol. The minimum absolute atomic E-state index is 0.884. The standard InChI is InChI=1S/C28H19NO/c1-2-7-19(8-3-1)20-13-15-23(16-14-20)29-26-12-6-11-24-25-17-21-9-4-5-10-22(21)18-27(25)30-28(24)26/h1-18,29H. The second-order valence-corrected chi connectivity index (χ2v) is 7.55. The van der Waals surface area contributed by atoms with Gasteiger partial charge in [-0.25, -0.2) is 0 Å². The summed E-state index contributed by atoms with van der Waals surface area (Å²) in [5.74, 6) is 0. The van der Waals surface area contributed by atoms with E-state index in [1.807, 2.05) is 6.07 Å². The zero-order valence-corrected chi connectivity index (χ0v) is 16.3. The molecule has 0 aliphatic carbocycles. The molecule has 0 saturated carbocycles. The Labute approximate surface area is 174 Å². The van der Waals surface area contributed by atoms with Crippen LogP contribution in [0.1, 0.15) is 0 Å². The van der Waals surface area contributed by atoms with Crippen molar-refractivity contribution in [3.63, 3.8) is 0 Å². The number of nitrogens with one attached hydrogen (secondary N) is 1. The van der Waals surface area contributed by atoms with Crippen LogP contribution in [0.5, 0.6) is 0 Å². The summed E-state index contributed by atoms with van der Waals surface area (Å²) in [6, 6.07) is 37.9. The molecule has 0 atom stereocenters. The largest absolute Gasteiger partial charge is 0.454 e. The third-order valence-corrected chi connectivity index (χ3v) is 5.64. The van der Waals surface area contributed by atoms with Gasteiger partial charge in [0.05, 0.1) is 5.69 Å². The first-order valence-corrected chi connectivity index (χ1v) is 10.1. The molecule has 1 aromatic heterocycles. The second-order valence-electron chi connectivity index (χ2n) is 7.55. The van der Waals surface area contributed by atoms with E-state index in [2.05, 4.69) is 108 Å². The van der Waals surface area contributed by atoms with E-state index in [4.69, 9.17) is 4.42 Å². The van der Waals surface area contributed by atoms with Gasteiger partial charge >= 0.3 is 0 Å². The van der Waals surface area contributed by atoms with Gasteiger partial charge in [0.25, 0.3) is 0 Å². The Morgan fingerprint density at radius 1 is 0.533 bits per heavy atom. The van der Waals surface area contributed by atoms with E-state index in [1.165, 1.54) is 21.9 Å². The summed E-state index contributed by atoms with van der Waals surface area (Å²) in [4.78, 5) is 0. The lowest BCUT2D eigenvalue weighted by molar-refractivity contribution is 0.670. The Balaban J connectivity index is 1.41. The molecule has 0 bridgehead atoms. The summed E-state index contributed by atoms with van der Waals surface area (Å²) < 4.78 is 6.29. The molecule has 0 unspecified atom stereocenters. The van der Waals surface area contributed by atoms with Crippen LogP contribution in [0.2, 0.25) is 0 Å². The van der Waals surface area contributed by atoms with Crippen molar-refractivity contribution in [3.05, 3.63) is 109 Å². The Morgan fingerprint density at radius 3 is 2.03 bits per heavy atom. The van der Waals surface area contributed by atoms with Crippen LogP contribution >= 0.6 is 0 Å². The maximum absolute atomic E-state index is 6.29. The lowest BCUT2D eigenvalue weighted by atomic mass is 10.1. The molecule has 0 saturated heterocycles. The molecule has 2 nitrogen and oxygen atoms in total. The molecule has 0 fully saturated rings. The average Bonchev–Trinajstić information content (AvgIpc) is 3.17. The topological polar surface area (TPSA) is 25.2 Å². The van der Waals surface area contributed by atoms with Gasteiger partial charge in [0.1, 0.15) is 5.58 Å². The highest BCUT2D eigenvalue weighted by Gasteiger charge is 2.12. The monoisotopic (exact) mass is 385 g/mol. The number of benzene rings is 5. The van der Waals surface area contributed by atoms with Crippen molar-refractivity contribution in [2.45, 2.75) is 0 Å². The highest BCUT2D eigenvalue weighted by atomic mass is 16.3.